The molecule has 6 nitrogen and oxygen atoms in total. The number of hydrogen-bond donors (Lipinski definition) is 0. The molecule has 28 heavy (non-hydrogen) atoms. The third kappa shape index (κ3) is 4.28. The summed E-state index contributed by atoms with van der Waals surface area (Å²) in [5, 5.41) is 11.4. The van der Waals surface area contributed by atoms with Crippen molar-refractivity contribution in [2.75, 3.05) is 26.2 Å². The van der Waals surface area contributed by atoms with Crippen LogP contribution in [0.25, 0.3) is 0 Å². The third-order valence-electron chi connectivity index (χ3n) is 4.83. The summed E-state index contributed by atoms with van der Waals surface area (Å²) in [5.41, 5.74) is 0.249. The van der Waals surface area contributed by atoms with Crippen LogP contribution in [-0.2, 0) is 6.54 Å². The first-order valence-corrected chi connectivity index (χ1v) is 9.04. The lowest BCUT2D eigenvalue weighted by Gasteiger charge is -2.35. The largest absolute Gasteiger partial charge is 0.336 e. The predicted octanol–water partition coefficient (Wildman–Crippen LogP) is 3.79. The van der Waals surface area contributed by atoms with Crippen LogP contribution in [0.2, 0.25) is 5.02 Å². The smallest absolute Gasteiger partial charge is 0.276 e. The molecule has 1 amide bonds. The number of carbonyl (C=O) groups is 1. The lowest BCUT2D eigenvalue weighted by atomic mass is 10.1. The summed E-state index contributed by atoms with van der Waals surface area (Å²) in [4.78, 5) is 26.6. The molecule has 2 aromatic carbocycles. The summed E-state index contributed by atoms with van der Waals surface area (Å²) in [7, 11) is 0. The first-order chi connectivity index (χ1) is 13.3. The quantitative estimate of drug-likeness (QED) is 0.569. The van der Waals surface area contributed by atoms with Crippen LogP contribution in [0.1, 0.15) is 21.5 Å². The Morgan fingerprint density at radius 3 is 2.46 bits per heavy atom. The van der Waals surface area contributed by atoms with E-state index in [-0.39, 0.29) is 11.1 Å². The van der Waals surface area contributed by atoms with Crippen molar-refractivity contribution >= 4 is 23.2 Å². The van der Waals surface area contributed by atoms with Crippen LogP contribution in [0.5, 0.6) is 0 Å². The zero-order valence-corrected chi connectivity index (χ0v) is 15.9. The highest BCUT2D eigenvalue weighted by Crippen LogP contribution is 2.24. The molecular formula is C19H18ClF2N3O3. The highest BCUT2D eigenvalue weighted by atomic mass is 35.5. The summed E-state index contributed by atoms with van der Waals surface area (Å²) in [6.07, 6.45) is 0. The van der Waals surface area contributed by atoms with Gasteiger partial charge in [-0.15, -0.1) is 0 Å². The number of halogens is 3. The molecule has 3 rings (SSSR count). The van der Waals surface area contributed by atoms with Crippen molar-refractivity contribution in [1.82, 2.24) is 9.80 Å². The van der Waals surface area contributed by atoms with Gasteiger partial charge >= 0.3 is 0 Å². The Hall–Kier alpha value is -2.58. The minimum absolute atomic E-state index is 0.0372. The average Bonchev–Trinajstić information content (AvgIpc) is 2.66. The van der Waals surface area contributed by atoms with E-state index in [2.05, 4.69) is 4.90 Å². The minimum Gasteiger partial charge on any atom is -0.336 e. The third-order valence-corrected chi connectivity index (χ3v) is 5.18. The maximum atomic E-state index is 14.0. The zero-order valence-electron chi connectivity index (χ0n) is 15.1. The number of nitro groups is 1. The molecule has 1 fully saturated rings. The monoisotopic (exact) mass is 409 g/mol. The molecule has 148 valence electrons. The van der Waals surface area contributed by atoms with Gasteiger partial charge in [-0.2, -0.15) is 0 Å². The van der Waals surface area contributed by atoms with Gasteiger partial charge in [0.05, 0.1) is 10.5 Å². The number of nitrogens with zero attached hydrogens (tertiary/aromatic N) is 3. The normalized spacial score (nSPS) is 14.9. The van der Waals surface area contributed by atoms with Crippen molar-refractivity contribution in [2.24, 2.45) is 0 Å². The van der Waals surface area contributed by atoms with E-state index in [4.69, 9.17) is 11.6 Å². The van der Waals surface area contributed by atoms with E-state index in [9.17, 15) is 23.7 Å². The number of amides is 1. The fourth-order valence-electron chi connectivity index (χ4n) is 3.16. The molecule has 0 spiro atoms. The predicted molar refractivity (Wildman–Crippen MR) is 100 cm³/mol. The van der Waals surface area contributed by atoms with Gasteiger partial charge in [-0.25, -0.2) is 8.78 Å². The van der Waals surface area contributed by atoms with Gasteiger partial charge in [0, 0.05) is 49.4 Å². The molecule has 1 heterocycles. The fourth-order valence-corrected chi connectivity index (χ4v) is 3.39. The Morgan fingerprint density at radius 2 is 1.86 bits per heavy atom. The van der Waals surface area contributed by atoms with Crippen LogP contribution < -0.4 is 0 Å². The number of carbonyl (C=O) groups excluding carboxylic acids is 1. The van der Waals surface area contributed by atoms with Crippen molar-refractivity contribution in [2.45, 2.75) is 13.5 Å². The maximum Gasteiger partial charge on any atom is 0.276 e. The van der Waals surface area contributed by atoms with E-state index >= 15 is 0 Å². The molecule has 0 aromatic heterocycles. The lowest BCUT2D eigenvalue weighted by molar-refractivity contribution is -0.385. The lowest BCUT2D eigenvalue weighted by Crippen LogP contribution is -2.48. The number of hydrogen-bond acceptors (Lipinski definition) is 4. The number of piperazine rings is 1. The van der Waals surface area contributed by atoms with E-state index in [1.54, 1.807) is 6.07 Å². The summed E-state index contributed by atoms with van der Waals surface area (Å²) in [6, 6.07) is 6.39. The molecule has 1 aliphatic rings. The molecule has 2 aromatic rings. The van der Waals surface area contributed by atoms with Crippen molar-refractivity contribution in [3.63, 3.8) is 0 Å². The first kappa shape index (κ1) is 20.2. The van der Waals surface area contributed by atoms with Crippen LogP contribution in [0, 0.1) is 28.7 Å². The van der Waals surface area contributed by atoms with Crippen LogP contribution in [-0.4, -0.2) is 46.8 Å². The second-order valence-corrected chi connectivity index (χ2v) is 7.07. The Labute approximate surface area is 165 Å². The van der Waals surface area contributed by atoms with E-state index < -0.39 is 28.2 Å². The maximum absolute atomic E-state index is 14.0. The highest BCUT2D eigenvalue weighted by Gasteiger charge is 2.26. The molecule has 0 bridgehead atoms. The van der Waals surface area contributed by atoms with E-state index in [1.807, 2.05) is 0 Å². The topological polar surface area (TPSA) is 66.7 Å². The van der Waals surface area contributed by atoms with Crippen molar-refractivity contribution in [3.8, 4) is 0 Å². The molecule has 1 saturated heterocycles. The van der Waals surface area contributed by atoms with Crippen molar-refractivity contribution in [1.29, 1.82) is 0 Å². The second kappa shape index (κ2) is 8.20. The molecule has 0 N–H and O–H groups in total. The van der Waals surface area contributed by atoms with E-state index in [1.165, 1.54) is 24.0 Å². The minimum atomic E-state index is -0.776. The van der Waals surface area contributed by atoms with Crippen molar-refractivity contribution < 1.29 is 18.5 Å². The molecule has 0 unspecified atom stereocenters. The Balaban J connectivity index is 1.66. The van der Waals surface area contributed by atoms with Gasteiger partial charge in [0.15, 0.2) is 0 Å². The van der Waals surface area contributed by atoms with Gasteiger partial charge in [-0.1, -0.05) is 17.7 Å². The van der Waals surface area contributed by atoms with Gasteiger partial charge in [-0.05, 0) is 30.7 Å². The molecule has 1 aliphatic heterocycles. The molecule has 0 saturated carbocycles. The van der Waals surface area contributed by atoms with Crippen LogP contribution in [0.15, 0.2) is 30.3 Å². The fraction of sp³-hybridized carbons (Fsp3) is 0.316. The van der Waals surface area contributed by atoms with Gasteiger partial charge in [-0.3, -0.25) is 19.8 Å². The van der Waals surface area contributed by atoms with Crippen LogP contribution in [0.3, 0.4) is 0 Å². The standard InChI is InChI=1S/C19H18ClF2N3O3/c1-12-17(22)8-14(9-18(12)25(27)28)19(26)24-6-4-23(5-7-24)11-13-2-3-15(21)10-16(13)20/h2-3,8-10H,4-7,11H2,1H3. The molecular weight excluding hydrogens is 392 g/mol. The van der Waals surface area contributed by atoms with Crippen LogP contribution >= 0.6 is 11.6 Å². The summed E-state index contributed by atoms with van der Waals surface area (Å²) in [5.74, 6) is -1.62. The van der Waals surface area contributed by atoms with Gasteiger partial charge in [0.25, 0.3) is 11.6 Å². The van der Waals surface area contributed by atoms with E-state index in [0.717, 1.165) is 17.7 Å². The first-order valence-electron chi connectivity index (χ1n) is 8.66. The SMILES string of the molecule is Cc1c(F)cc(C(=O)N2CCN(Cc3ccc(F)cc3Cl)CC2)cc1[N+](=O)[O-]. The van der Waals surface area contributed by atoms with Gasteiger partial charge < -0.3 is 4.90 Å². The van der Waals surface area contributed by atoms with E-state index in [0.29, 0.717) is 37.7 Å². The Bertz CT molecular complexity index is 931. The highest BCUT2D eigenvalue weighted by molar-refractivity contribution is 6.31. The molecule has 9 heteroatoms. The molecule has 0 radical (unpaired) electrons. The van der Waals surface area contributed by atoms with Crippen LogP contribution in [0.4, 0.5) is 14.5 Å². The number of rotatable bonds is 4. The molecule has 0 aliphatic carbocycles. The number of benzene rings is 2. The summed E-state index contributed by atoms with van der Waals surface area (Å²) < 4.78 is 27.1. The van der Waals surface area contributed by atoms with Gasteiger partial charge in [0.1, 0.15) is 11.6 Å². The second-order valence-electron chi connectivity index (χ2n) is 6.66. The molecule has 0 atom stereocenters. The summed E-state index contributed by atoms with van der Waals surface area (Å²) in [6.45, 7) is 3.71. The zero-order chi connectivity index (χ0) is 20.4. The summed E-state index contributed by atoms with van der Waals surface area (Å²) >= 11 is 6.05. The Kier molecular flexibility index (Phi) is 5.90. The van der Waals surface area contributed by atoms with Gasteiger partial charge in [0.2, 0.25) is 0 Å². The number of nitro benzene ring substituents is 1. The Morgan fingerprint density at radius 1 is 1.18 bits per heavy atom. The average molecular weight is 410 g/mol. The van der Waals surface area contributed by atoms with Crippen molar-refractivity contribution in [3.05, 3.63) is 73.8 Å².